The number of nitrogens with two attached hydrogens (primary N) is 1. The fraction of sp³-hybridized carbons (Fsp3) is 0.900. The van der Waals surface area contributed by atoms with E-state index in [1.807, 2.05) is 0 Å². The van der Waals surface area contributed by atoms with Gasteiger partial charge in [-0.3, -0.25) is 0 Å². The number of carbonyl (C=O) groups is 1. The van der Waals surface area contributed by atoms with Gasteiger partial charge in [-0.15, -0.1) is 0 Å². The maximum atomic E-state index is 10.4. The third-order valence-corrected chi connectivity index (χ3v) is 3.88. The first kappa shape index (κ1) is 15.5. The molecule has 1 rings (SSSR count). The lowest BCUT2D eigenvalue weighted by molar-refractivity contribution is -0.0941. The molecule has 106 valence electrons. The molecule has 0 bridgehead atoms. The van der Waals surface area contributed by atoms with Crippen LogP contribution in [0.15, 0.2) is 0 Å². The minimum Gasteiger partial charge on any atom is -0.389 e. The molecule has 0 saturated carbocycles. The average molecular weight is 279 g/mol. The molecule has 1 aliphatic heterocycles. The second-order valence-electron chi connectivity index (χ2n) is 4.26. The van der Waals surface area contributed by atoms with Crippen LogP contribution in [0, 0.1) is 0 Å². The predicted octanol–water partition coefficient (Wildman–Crippen LogP) is -2.17. The zero-order valence-corrected chi connectivity index (χ0v) is 10.9. The molecule has 2 amide bonds. The minimum absolute atomic E-state index is 0.208. The molecule has 7 nitrogen and oxygen atoms in total. The van der Waals surface area contributed by atoms with Gasteiger partial charge in [0.05, 0.1) is 12.2 Å². The summed E-state index contributed by atoms with van der Waals surface area (Å²) in [6, 6.07) is -0.739. The Morgan fingerprint density at radius 2 is 2.06 bits per heavy atom. The van der Waals surface area contributed by atoms with Gasteiger partial charge in [0.15, 0.2) is 0 Å². The fourth-order valence-electron chi connectivity index (χ4n) is 1.81. The Bertz CT molecular complexity index is 270. The van der Waals surface area contributed by atoms with Gasteiger partial charge in [0.1, 0.15) is 6.10 Å². The Hall–Kier alpha value is -0.540. The zero-order valence-electron chi connectivity index (χ0n) is 10.1. The summed E-state index contributed by atoms with van der Waals surface area (Å²) in [7, 11) is 0. The Kier molecular flexibility index (Phi) is 6.72. The molecule has 0 unspecified atom stereocenters. The number of nitrogens with one attached hydrogen (secondary N) is 2. The summed E-state index contributed by atoms with van der Waals surface area (Å²) >= 11 is 1.63. The van der Waals surface area contributed by atoms with E-state index in [4.69, 9.17) is 5.73 Å². The molecule has 0 aromatic carbocycles. The van der Waals surface area contributed by atoms with Crippen molar-refractivity contribution in [2.75, 3.05) is 24.6 Å². The first-order valence-electron chi connectivity index (χ1n) is 5.91. The molecule has 0 aliphatic carbocycles. The van der Waals surface area contributed by atoms with Crippen LogP contribution in [-0.4, -0.2) is 70.3 Å². The third-order valence-electron chi connectivity index (χ3n) is 2.86. The largest absolute Gasteiger partial charge is 0.389 e. The average Bonchev–Trinajstić information content (AvgIpc) is 2.33. The van der Waals surface area contributed by atoms with Crippen LogP contribution >= 0.6 is 11.8 Å². The van der Waals surface area contributed by atoms with E-state index in [0.717, 1.165) is 11.5 Å². The van der Waals surface area contributed by atoms with Crippen LogP contribution in [0.2, 0.25) is 0 Å². The van der Waals surface area contributed by atoms with Gasteiger partial charge in [-0.05, 0) is 12.2 Å². The number of carbonyl (C=O) groups excluding carboxylic acids is 1. The van der Waals surface area contributed by atoms with E-state index in [0.29, 0.717) is 13.0 Å². The highest BCUT2D eigenvalue weighted by atomic mass is 32.2. The Balaban J connectivity index is 2.10. The smallest absolute Gasteiger partial charge is 0.312 e. The number of thioether (sulfide) groups is 1. The van der Waals surface area contributed by atoms with Crippen molar-refractivity contribution in [1.82, 2.24) is 10.6 Å². The number of urea groups is 1. The molecule has 0 aromatic rings. The molecular formula is C10H21N3O4S. The van der Waals surface area contributed by atoms with E-state index in [1.165, 1.54) is 0 Å². The van der Waals surface area contributed by atoms with Crippen molar-refractivity contribution >= 4 is 17.8 Å². The van der Waals surface area contributed by atoms with Crippen LogP contribution in [0.25, 0.3) is 0 Å². The van der Waals surface area contributed by atoms with Crippen molar-refractivity contribution in [3.8, 4) is 0 Å². The molecule has 0 radical (unpaired) electrons. The second kappa shape index (κ2) is 7.80. The van der Waals surface area contributed by atoms with Gasteiger partial charge in [0.2, 0.25) is 0 Å². The van der Waals surface area contributed by atoms with Crippen molar-refractivity contribution < 1.29 is 20.1 Å². The van der Waals surface area contributed by atoms with Crippen LogP contribution < -0.4 is 16.4 Å². The Morgan fingerprint density at radius 3 is 2.72 bits per heavy atom. The van der Waals surface area contributed by atoms with Crippen molar-refractivity contribution in [3.63, 3.8) is 0 Å². The zero-order chi connectivity index (χ0) is 13.5. The molecule has 1 saturated heterocycles. The lowest BCUT2D eigenvalue weighted by Crippen LogP contribution is -2.59. The number of β-amino-alcohol motifs (C(OH)–C–C–N with tert-alkyl or cyclic N) is 1. The normalized spacial score (nSPS) is 32.2. The highest BCUT2D eigenvalue weighted by Crippen LogP contribution is 2.15. The number of piperidine rings is 1. The van der Waals surface area contributed by atoms with E-state index < -0.39 is 24.3 Å². The van der Waals surface area contributed by atoms with Crippen molar-refractivity contribution in [3.05, 3.63) is 0 Å². The predicted molar refractivity (Wildman–Crippen MR) is 69.3 cm³/mol. The van der Waals surface area contributed by atoms with E-state index >= 15 is 0 Å². The van der Waals surface area contributed by atoms with Crippen molar-refractivity contribution in [2.45, 2.75) is 30.8 Å². The Morgan fingerprint density at radius 1 is 1.33 bits per heavy atom. The van der Waals surface area contributed by atoms with Crippen LogP contribution in [0.3, 0.4) is 0 Å². The highest BCUT2D eigenvalue weighted by molar-refractivity contribution is 7.99. The van der Waals surface area contributed by atoms with Gasteiger partial charge in [0.25, 0.3) is 0 Å². The molecule has 1 fully saturated rings. The van der Waals surface area contributed by atoms with Crippen LogP contribution in [0.5, 0.6) is 0 Å². The molecule has 0 spiro atoms. The number of amides is 2. The lowest BCUT2D eigenvalue weighted by Gasteiger charge is -2.36. The summed E-state index contributed by atoms with van der Waals surface area (Å²) in [5.41, 5.74) is 4.92. The van der Waals surface area contributed by atoms with Gasteiger partial charge in [-0.1, -0.05) is 0 Å². The molecular weight excluding hydrogens is 258 g/mol. The second-order valence-corrected chi connectivity index (χ2v) is 5.48. The highest BCUT2D eigenvalue weighted by Gasteiger charge is 2.35. The molecule has 4 atom stereocenters. The summed E-state index contributed by atoms with van der Waals surface area (Å²) in [6.45, 7) is 0.804. The van der Waals surface area contributed by atoms with E-state index in [2.05, 4.69) is 10.6 Å². The number of primary amides is 1. The third kappa shape index (κ3) is 4.99. The van der Waals surface area contributed by atoms with Crippen molar-refractivity contribution in [1.29, 1.82) is 0 Å². The molecule has 8 heteroatoms. The van der Waals surface area contributed by atoms with Gasteiger partial charge in [0, 0.05) is 24.9 Å². The quantitative estimate of drug-likeness (QED) is 0.307. The molecule has 18 heavy (non-hydrogen) atoms. The summed E-state index contributed by atoms with van der Waals surface area (Å²) in [6.07, 6.45) is -2.26. The van der Waals surface area contributed by atoms with Crippen LogP contribution in [0.1, 0.15) is 6.42 Å². The molecule has 1 heterocycles. The maximum Gasteiger partial charge on any atom is 0.312 e. The number of rotatable bonds is 6. The minimum atomic E-state index is -1.09. The van der Waals surface area contributed by atoms with Gasteiger partial charge >= 0.3 is 6.03 Å². The topological polar surface area (TPSA) is 128 Å². The van der Waals surface area contributed by atoms with Crippen LogP contribution in [-0.2, 0) is 0 Å². The van der Waals surface area contributed by atoms with Crippen LogP contribution in [0.4, 0.5) is 4.79 Å². The fourth-order valence-corrected chi connectivity index (χ4v) is 2.68. The number of aliphatic hydroxyl groups excluding tert-OH is 3. The SMILES string of the molecule is NC(=O)NCCSCC[C@H]1NC[C@@H](O)[C@H](O)[C@H]1O. The number of hydrogen-bond acceptors (Lipinski definition) is 6. The first-order chi connectivity index (χ1) is 8.52. The lowest BCUT2D eigenvalue weighted by atomic mass is 9.94. The van der Waals surface area contributed by atoms with Gasteiger partial charge in [-0.2, -0.15) is 11.8 Å². The molecule has 7 N–H and O–H groups in total. The molecule has 1 aliphatic rings. The van der Waals surface area contributed by atoms with Crippen molar-refractivity contribution in [2.24, 2.45) is 5.73 Å². The van der Waals surface area contributed by atoms with Gasteiger partial charge < -0.3 is 31.7 Å². The van der Waals surface area contributed by atoms with E-state index in [1.54, 1.807) is 11.8 Å². The number of hydrogen-bond donors (Lipinski definition) is 6. The summed E-state index contributed by atoms with van der Waals surface area (Å²) in [5.74, 6) is 1.54. The molecule has 0 aromatic heterocycles. The summed E-state index contributed by atoms with van der Waals surface area (Å²) in [4.78, 5) is 10.4. The number of aliphatic hydroxyl groups is 3. The maximum absolute atomic E-state index is 10.4. The Labute approximate surface area is 110 Å². The van der Waals surface area contributed by atoms with E-state index in [9.17, 15) is 20.1 Å². The summed E-state index contributed by atoms with van der Waals surface area (Å²) < 4.78 is 0. The van der Waals surface area contributed by atoms with Gasteiger partial charge in [-0.25, -0.2) is 4.79 Å². The van der Waals surface area contributed by atoms with E-state index in [-0.39, 0.29) is 12.6 Å². The standard InChI is InChI=1S/C10H21N3O4S/c11-10(17)12-2-4-18-3-1-6-8(15)9(16)7(14)5-13-6/h6-9,13-16H,1-5H2,(H3,11,12,17)/t6-,7-,8+,9+/m1/s1. The summed E-state index contributed by atoms with van der Waals surface area (Å²) in [5, 5.41) is 34.0. The first-order valence-corrected chi connectivity index (χ1v) is 7.06. The monoisotopic (exact) mass is 279 g/mol.